The molecule has 0 aliphatic rings. The maximum Gasteiger partial charge on any atom is 0.272 e. The van der Waals surface area contributed by atoms with Crippen molar-refractivity contribution in [1.82, 2.24) is 0 Å². The molecule has 0 saturated heterocycles. The molecule has 168 valence electrons. The van der Waals surface area contributed by atoms with Gasteiger partial charge in [-0.25, -0.2) is 4.39 Å². The fourth-order valence-corrected chi connectivity index (χ4v) is 3.54. The summed E-state index contributed by atoms with van der Waals surface area (Å²) in [4.78, 5) is 11.0. The minimum Gasteiger partial charge on any atom is -0.457 e. The molecule has 7 heteroatoms. The van der Waals surface area contributed by atoms with Crippen molar-refractivity contribution in [1.29, 1.82) is 0 Å². The quantitative estimate of drug-likeness (QED) is 0.263. The standard InChI is InChI=1S/C25H25ClFNO4/c1-16-8-19(11-24(17(16)2)28(29)30)25(3,4)15-31-14-18-9-21(27)13-23(10-18)32-22-7-5-6-20(26)12-22/h5-13H,14-15H2,1-4H3. The van der Waals surface area contributed by atoms with Gasteiger partial charge in [0, 0.05) is 28.1 Å². The van der Waals surface area contributed by atoms with Crippen LogP contribution < -0.4 is 4.74 Å². The number of ether oxygens (including phenoxy) is 2. The zero-order valence-electron chi connectivity index (χ0n) is 18.4. The van der Waals surface area contributed by atoms with Crippen LogP contribution in [0.5, 0.6) is 11.5 Å². The number of nitro groups is 1. The lowest BCUT2D eigenvalue weighted by Gasteiger charge is -2.26. The first-order valence-corrected chi connectivity index (χ1v) is 10.5. The van der Waals surface area contributed by atoms with Crippen LogP contribution >= 0.6 is 11.6 Å². The highest BCUT2D eigenvalue weighted by Crippen LogP contribution is 2.32. The molecule has 0 N–H and O–H groups in total. The van der Waals surface area contributed by atoms with Gasteiger partial charge in [0.05, 0.1) is 18.1 Å². The molecule has 0 amide bonds. The fourth-order valence-electron chi connectivity index (χ4n) is 3.36. The summed E-state index contributed by atoms with van der Waals surface area (Å²) in [5.41, 5.74) is 2.57. The first kappa shape index (κ1) is 23.7. The Morgan fingerprint density at radius 2 is 1.81 bits per heavy atom. The van der Waals surface area contributed by atoms with Crippen LogP contribution in [-0.2, 0) is 16.8 Å². The summed E-state index contributed by atoms with van der Waals surface area (Å²) >= 11 is 5.97. The average Bonchev–Trinajstić information content (AvgIpc) is 2.69. The van der Waals surface area contributed by atoms with E-state index < -0.39 is 11.2 Å². The number of hydrogen-bond donors (Lipinski definition) is 0. The molecular formula is C25H25ClFNO4. The van der Waals surface area contributed by atoms with Crippen LogP contribution in [0.25, 0.3) is 0 Å². The van der Waals surface area contributed by atoms with Crippen LogP contribution in [0.4, 0.5) is 10.1 Å². The second kappa shape index (κ2) is 9.67. The molecule has 0 atom stereocenters. The van der Waals surface area contributed by atoms with E-state index in [4.69, 9.17) is 21.1 Å². The maximum atomic E-state index is 14.1. The molecule has 0 spiro atoms. The zero-order chi connectivity index (χ0) is 23.5. The van der Waals surface area contributed by atoms with E-state index in [0.29, 0.717) is 34.3 Å². The Morgan fingerprint density at radius 1 is 1.06 bits per heavy atom. The summed E-state index contributed by atoms with van der Waals surface area (Å²) in [6.45, 7) is 7.98. The number of rotatable bonds is 8. The number of nitrogens with zero attached hydrogens (tertiary/aromatic N) is 1. The summed E-state index contributed by atoms with van der Waals surface area (Å²) in [5.74, 6) is 0.412. The van der Waals surface area contributed by atoms with Gasteiger partial charge in [0.25, 0.3) is 5.69 Å². The van der Waals surface area contributed by atoms with E-state index >= 15 is 0 Å². The van der Waals surface area contributed by atoms with E-state index in [2.05, 4.69) is 0 Å². The number of hydrogen-bond acceptors (Lipinski definition) is 4. The van der Waals surface area contributed by atoms with Crippen molar-refractivity contribution in [2.75, 3.05) is 6.61 Å². The second-order valence-electron chi connectivity index (χ2n) is 8.43. The molecule has 3 aromatic rings. The minimum absolute atomic E-state index is 0.0982. The van der Waals surface area contributed by atoms with Gasteiger partial charge in [-0.1, -0.05) is 37.6 Å². The van der Waals surface area contributed by atoms with E-state index in [1.807, 2.05) is 26.8 Å². The first-order chi connectivity index (χ1) is 15.0. The average molecular weight is 458 g/mol. The molecule has 0 saturated carbocycles. The molecule has 32 heavy (non-hydrogen) atoms. The van der Waals surface area contributed by atoms with Crippen LogP contribution in [0.3, 0.4) is 0 Å². The van der Waals surface area contributed by atoms with Crippen molar-refractivity contribution in [2.24, 2.45) is 0 Å². The van der Waals surface area contributed by atoms with Gasteiger partial charge in [-0.2, -0.15) is 0 Å². The maximum absolute atomic E-state index is 14.1. The largest absolute Gasteiger partial charge is 0.457 e. The topological polar surface area (TPSA) is 61.6 Å². The highest BCUT2D eigenvalue weighted by atomic mass is 35.5. The van der Waals surface area contributed by atoms with Crippen LogP contribution in [0, 0.1) is 29.8 Å². The molecule has 0 aliphatic heterocycles. The third-order valence-electron chi connectivity index (χ3n) is 5.31. The van der Waals surface area contributed by atoms with Crippen molar-refractivity contribution in [2.45, 2.75) is 39.7 Å². The normalized spacial score (nSPS) is 11.4. The van der Waals surface area contributed by atoms with Crippen LogP contribution in [0.15, 0.2) is 54.6 Å². The third-order valence-corrected chi connectivity index (χ3v) is 5.55. The predicted molar refractivity (Wildman–Crippen MR) is 123 cm³/mol. The second-order valence-corrected chi connectivity index (χ2v) is 8.86. The van der Waals surface area contributed by atoms with Gasteiger partial charge in [0.1, 0.15) is 17.3 Å². The minimum atomic E-state index is -0.476. The van der Waals surface area contributed by atoms with Gasteiger partial charge < -0.3 is 9.47 Å². The number of benzene rings is 3. The van der Waals surface area contributed by atoms with Crippen molar-refractivity contribution in [3.05, 3.63) is 97.8 Å². The van der Waals surface area contributed by atoms with Gasteiger partial charge >= 0.3 is 0 Å². The lowest BCUT2D eigenvalue weighted by molar-refractivity contribution is -0.385. The fraction of sp³-hybridized carbons (Fsp3) is 0.280. The van der Waals surface area contributed by atoms with Gasteiger partial charge in [-0.15, -0.1) is 0 Å². The molecule has 3 aromatic carbocycles. The SMILES string of the molecule is Cc1cc(C(C)(C)COCc2cc(F)cc(Oc3cccc(Cl)c3)c2)cc([N+](=O)[O-])c1C. The molecule has 0 radical (unpaired) electrons. The lowest BCUT2D eigenvalue weighted by Crippen LogP contribution is -2.25. The van der Waals surface area contributed by atoms with E-state index in [-0.39, 0.29) is 17.2 Å². The Balaban J connectivity index is 1.70. The van der Waals surface area contributed by atoms with E-state index in [9.17, 15) is 14.5 Å². The monoisotopic (exact) mass is 457 g/mol. The molecule has 0 unspecified atom stereocenters. The van der Waals surface area contributed by atoms with Crippen LogP contribution in [-0.4, -0.2) is 11.5 Å². The Kier molecular flexibility index (Phi) is 7.16. The smallest absolute Gasteiger partial charge is 0.272 e. The third kappa shape index (κ3) is 5.84. The summed E-state index contributed by atoms with van der Waals surface area (Å²) in [5, 5.41) is 11.9. The van der Waals surface area contributed by atoms with Crippen molar-refractivity contribution >= 4 is 17.3 Å². The summed E-state index contributed by atoms with van der Waals surface area (Å²) in [6, 6.07) is 14.8. The predicted octanol–water partition coefficient (Wildman–Crippen LogP) is 7.29. The van der Waals surface area contributed by atoms with Gasteiger partial charge in [-0.05, 0) is 60.9 Å². The van der Waals surface area contributed by atoms with Gasteiger partial charge in [0.2, 0.25) is 0 Å². The highest BCUT2D eigenvalue weighted by molar-refractivity contribution is 6.30. The van der Waals surface area contributed by atoms with Crippen LogP contribution in [0.2, 0.25) is 5.02 Å². The van der Waals surface area contributed by atoms with Gasteiger partial charge in [0.15, 0.2) is 0 Å². The zero-order valence-corrected chi connectivity index (χ0v) is 19.2. The van der Waals surface area contributed by atoms with Crippen molar-refractivity contribution in [3.63, 3.8) is 0 Å². The number of halogens is 2. The van der Waals surface area contributed by atoms with E-state index in [1.165, 1.54) is 12.1 Å². The molecule has 3 rings (SSSR count). The Labute approximate surface area is 191 Å². The molecule has 0 aromatic heterocycles. The van der Waals surface area contributed by atoms with Crippen LogP contribution in [0.1, 0.15) is 36.1 Å². The molecule has 5 nitrogen and oxygen atoms in total. The number of nitro benzene ring substituents is 1. The molecule has 0 bridgehead atoms. The summed E-state index contributed by atoms with van der Waals surface area (Å²) in [7, 11) is 0. The Morgan fingerprint density at radius 3 is 2.50 bits per heavy atom. The Hall–Kier alpha value is -2.96. The molecule has 0 heterocycles. The molecule has 0 aliphatic carbocycles. The van der Waals surface area contributed by atoms with E-state index in [0.717, 1.165) is 11.1 Å². The van der Waals surface area contributed by atoms with Crippen molar-refractivity contribution < 1.29 is 18.8 Å². The Bertz CT molecular complexity index is 1150. The summed E-state index contributed by atoms with van der Waals surface area (Å²) in [6.07, 6.45) is 0. The lowest BCUT2D eigenvalue weighted by atomic mass is 9.83. The first-order valence-electron chi connectivity index (χ1n) is 10.1. The van der Waals surface area contributed by atoms with Crippen molar-refractivity contribution in [3.8, 4) is 11.5 Å². The molecule has 0 fully saturated rings. The highest BCUT2D eigenvalue weighted by Gasteiger charge is 2.25. The molecular weight excluding hydrogens is 433 g/mol. The van der Waals surface area contributed by atoms with Gasteiger partial charge in [-0.3, -0.25) is 10.1 Å². The summed E-state index contributed by atoms with van der Waals surface area (Å²) < 4.78 is 25.7. The number of aryl methyl sites for hydroxylation is 1. The van der Waals surface area contributed by atoms with E-state index in [1.54, 1.807) is 43.3 Å².